The maximum Gasteiger partial charge on any atom is 0.323 e. The van der Waals surface area contributed by atoms with E-state index in [1.165, 1.54) is 4.90 Å². The minimum atomic E-state index is -1.04. The van der Waals surface area contributed by atoms with Crippen molar-refractivity contribution in [3.05, 3.63) is 29.3 Å². The molecule has 19 heavy (non-hydrogen) atoms. The fourth-order valence-electron chi connectivity index (χ4n) is 2.00. The fraction of sp³-hybridized carbons (Fsp3) is 0.429. The summed E-state index contributed by atoms with van der Waals surface area (Å²) in [6.45, 7) is 3.38. The van der Waals surface area contributed by atoms with E-state index in [0.717, 1.165) is 24.0 Å². The Balaban J connectivity index is 3.12. The smallest absolute Gasteiger partial charge is 0.323 e. The van der Waals surface area contributed by atoms with Crippen LogP contribution in [0.1, 0.15) is 25.0 Å². The molecule has 0 heterocycles. The van der Waals surface area contributed by atoms with Gasteiger partial charge in [0, 0.05) is 5.69 Å². The van der Waals surface area contributed by atoms with Gasteiger partial charge in [-0.3, -0.25) is 9.59 Å². The Labute approximate surface area is 112 Å². The maximum atomic E-state index is 10.9. The van der Waals surface area contributed by atoms with Gasteiger partial charge in [0.2, 0.25) is 0 Å². The highest BCUT2D eigenvalue weighted by Crippen LogP contribution is 2.23. The normalized spacial score (nSPS) is 10.2. The Kier molecular flexibility index (Phi) is 5.36. The van der Waals surface area contributed by atoms with Gasteiger partial charge in [-0.1, -0.05) is 26.0 Å². The molecule has 0 amide bonds. The number of benzene rings is 1. The molecule has 1 aromatic carbocycles. The van der Waals surface area contributed by atoms with Crippen LogP contribution in [0.2, 0.25) is 0 Å². The predicted molar refractivity (Wildman–Crippen MR) is 72.7 cm³/mol. The average molecular weight is 265 g/mol. The molecule has 5 heteroatoms. The van der Waals surface area contributed by atoms with Crippen molar-refractivity contribution in [2.24, 2.45) is 0 Å². The molecule has 104 valence electrons. The molecule has 5 nitrogen and oxygen atoms in total. The Morgan fingerprint density at radius 1 is 1.05 bits per heavy atom. The third-order valence-electron chi connectivity index (χ3n) is 2.93. The molecule has 0 aliphatic heterocycles. The lowest BCUT2D eigenvalue weighted by molar-refractivity contribution is -0.136. The van der Waals surface area contributed by atoms with Gasteiger partial charge in [0.1, 0.15) is 13.1 Å². The lowest BCUT2D eigenvalue weighted by Gasteiger charge is -2.24. The van der Waals surface area contributed by atoms with E-state index in [-0.39, 0.29) is 13.1 Å². The van der Waals surface area contributed by atoms with Gasteiger partial charge >= 0.3 is 11.9 Å². The van der Waals surface area contributed by atoms with Gasteiger partial charge in [0.25, 0.3) is 0 Å². The van der Waals surface area contributed by atoms with E-state index in [1.807, 2.05) is 32.0 Å². The molecule has 0 aromatic heterocycles. The van der Waals surface area contributed by atoms with Crippen LogP contribution in [0.3, 0.4) is 0 Å². The lowest BCUT2D eigenvalue weighted by Crippen LogP contribution is -2.35. The van der Waals surface area contributed by atoms with E-state index in [0.29, 0.717) is 5.69 Å². The van der Waals surface area contributed by atoms with Crippen molar-refractivity contribution in [1.29, 1.82) is 0 Å². The maximum absolute atomic E-state index is 10.9. The first kappa shape index (κ1) is 15.0. The second-order valence-electron chi connectivity index (χ2n) is 4.31. The zero-order valence-electron chi connectivity index (χ0n) is 11.2. The monoisotopic (exact) mass is 265 g/mol. The van der Waals surface area contributed by atoms with Crippen molar-refractivity contribution in [2.45, 2.75) is 26.7 Å². The zero-order valence-corrected chi connectivity index (χ0v) is 11.2. The van der Waals surface area contributed by atoms with Crippen LogP contribution in [0.4, 0.5) is 5.69 Å². The van der Waals surface area contributed by atoms with Gasteiger partial charge in [-0.15, -0.1) is 0 Å². The number of aryl methyl sites for hydroxylation is 2. The van der Waals surface area contributed by atoms with Gasteiger partial charge in [0.15, 0.2) is 0 Å². The van der Waals surface area contributed by atoms with Crippen LogP contribution in [0.5, 0.6) is 0 Å². The summed E-state index contributed by atoms with van der Waals surface area (Å²) < 4.78 is 0. The lowest BCUT2D eigenvalue weighted by atomic mass is 10.0. The van der Waals surface area contributed by atoms with Gasteiger partial charge < -0.3 is 15.1 Å². The molecule has 0 atom stereocenters. The third kappa shape index (κ3) is 4.28. The van der Waals surface area contributed by atoms with Crippen LogP contribution >= 0.6 is 0 Å². The molecule has 0 fully saturated rings. The molecule has 1 rings (SSSR count). The minimum Gasteiger partial charge on any atom is -0.480 e. The quantitative estimate of drug-likeness (QED) is 0.785. The Bertz CT molecular complexity index is 455. The van der Waals surface area contributed by atoms with E-state index in [2.05, 4.69) is 0 Å². The van der Waals surface area contributed by atoms with Crippen molar-refractivity contribution < 1.29 is 19.8 Å². The summed E-state index contributed by atoms with van der Waals surface area (Å²) >= 11 is 0. The van der Waals surface area contributed by atoms with Crippen molar-refractivity contribution in [3.8, 4) is 0 Å². The fourth-order valence-corrected chi connectivity index (χ4v) is 2.00. The number of anilines is 1. The van der Waals surface area contributed by atoms with Crippen LogP contribution in [0, 0.1) is 0 Å². The van der Waals surface area contributed by atoms with Crippen molar-refractivity contribution in [3.63, 3.8) is 0 Å². The van der Waals surface area contributed by atoms with E-state index in [9.17, 15) is 9.59 Å². The van der Waals surface area contributed by atoms with Crippen LogP contribution < -0.4 is 4.90 Å². The van der Waals surface area contributed by atoms with E-state index in [1.54, 1.807) is 0 Å². The molecule has 0 radical (unpaired) electrons. The summed E-state index contributed by atoms with van der Waals surface area (Å²) in [5, 5.41) is 17.8. The molecule has 2 N–H and O–H groups in total. The molecule has 0 spiro atoms. The van der Waals surface area contributed by atoms with Gasteiger partial charge in [-0.25, -0.2) is 0 Å². The van der Waals surface area contributed by atoms with Crippen LogP contribution in [0.15, 0.2) is 18.2 Å². The largest absolute Gasteiger partial charge is 0.480 e. The first-order chi connectivity index (χ1) is 8.97. The highest BCUT2D eigenvalue weighted by Gasteiger charge is 2.16. The number of carboxylic acid groups (broad SMARTS) is 2. The minimum absolute atomic E-state index is 0.315. The first-order valence-corrected chi connectivity index (χ1v) is 6.28. The number of hydrogen-bond donors (Lipinski definition) is 2. The van der Waals surface area contributed by atoms with Crippen molar-refractivity contribution in [2.75, 3.05) is 18.0 Å². The van der Waals surface area contributed by atoms with Crippen LogP contribution in [0.25, 0.3) is 0 Å². The zero-order chi connectivity index (χ0) is 14.4. The average Bonchev–Trinajstić information content (AvgIpc) is 2.36. The number of nitrogens with zero attached hydrogens (tertiary/aromatic N) is 1. The number of carboxylic acids is 2. The SMILES string of the molecule is CCc1ccc(N(CC(=O)O)CC(=O)O)c(CC)c1. The number of hydrogen-bond acceptors (Lipinski definition) is 3. The van der Waals surface area contributed by atoms with Gasteiger partial charge in [-0.2, -0.15) is 0 Å². The first-order valence-electron chi connectivity index (χ1n) is 6.28. The van der Waals surface area contributed by atoms with E-state index in [4.69, 9.17) is 10.2 Å². The number of rotatable bonds is 7. The second-order valence-corrected chi connectivity index (χ2v) is 4.31. The van der Waals surface area contributed by atoms with Gasteiger partial charge in [0.05, 0.1) is 0 Å². The molecule has 0 aliphatic carbocycles. The van der Waals surface area contributed by atoms with E-state index < -0.39 is 11.9 Å². The summed E-state index contributed by atoms with van der Waals surface area (Å²) in [5.41, 5.74) is 2.82. The molecule has 1 aromatic rings. The second kappa shape index (κ2) is 6.78. The summed E-state index contributed by atoms with van der Waals surface area (Å²) in [4.78, 5) is 23.1. The molecule has 0 aliphatic rings. The Morgan fingerprint density at radius 2 is 1.63 bits per heavy atom. The third-order valence-corrected chi connectivity index (χ3v) is 2.93. The standard InChI is InChI=1S/C14H19NO4/c1-3-10-5-6-12(11(4-2)7-10)15(8-13(16)17)9-14(18)19/h5-7H,3-4,8-9H2,1-2H3,(H,16,17)(H,18,19). The number of aliphatic carboxylic acids is 2. The molecular formula is C14H19NO4. The Morgan fingerprint density at radius 3 is 2.05 bits per heavy atom. The van der Waals surface area contributed by atoms with Crippen LogP contribution in [-0.2, 0) is 22.4 Å². The topological polar surface area (TPSA) is 77.8 Å². The number of carbonyl (C=O) groups is 2. The van der Waals surface area contributed by atoms with Crippen LogP contribution in [-0.4, -0.2) is 35.2 Å². The Hall–Kier alpha value is -2.04. The van der Waals surface area contributed by atoms with Gasteiger partial charge in [-0.05, 0) is 30.0 Å². The predicted octanol–water partition coefficient (Wildman–Crippen LogP) is 1.79. The summed E-state index contributed by atoms with van der Waals surface area (Å²) in [6.07, 6.45) is 1.63. The molecule has 0 bridgehead atoms. The molecule has 0 saturated heterocycles. The highest BCUT2D eigenvalue weighted by molar-refractivity contribution is 5.80. The van der Waals surface area contributed by atoms with E-state index >= 15 is 0 Å². The molecule has 0 unspecified atom stereocenters. The van der Waals surface area contributed by atoms with Crippen molar-refractivity contribution in [1.82, 2.24) is 0 Å². The summed E-state index contributed by atoms with van der Waals surface area (Å²) in [6, 6.07) is 5.72. The summed E-state index contributed by atoms with van der Waals surface area (Å²) in [5.74, 6) is -2.08. The molecule has 0 saturated carbocycles. The highest BCUT2D eigenvalue weighted by atomic mass is 16.4. The van der Waals surface area contributed by atoms with Crippen molar-refractivity contribution >= 4 is 17.6 Å². The molecular weight excluding hydrogens is 246 g/mol. The summed E-state index contributed by atoms with van der Waals surface area (Å²) in [7, 11) is 0.